The van der Waals surface area contributed by atoms with Crippen LogP contribution in [0.2, 0.25) is 0 Å². The molecule has 5 nitrogen and oxygen atoms in total. The number of ether oxygens (including phenoxy) is 2. The second kappa shape index (κ2) is 5.40. The average molecular weight is 175 g/mol. The molecule has 0 saturated carbocycles. The normalized spacial score (nSPS) is 11.6. The standard InChI is InChI=1S/C7H13NO4/c1-5(6(9)11-3)4-12-7(10)8-2/h5H,4H2,1-3H3,(H,8,10)/t5-/m0/s1. The number of alkyl carbamates (subject to hydrolysis) is 1. The number of carbonyl (C=O) groups is 2. The van der Waals surface area contributed by atoms with Gasteiger partial charge in [0.1, 0.15) is 6.61 Å². The molecule has 1 amide bonds. The Kier molecular flexibility index (Phi) is 4.83. The summed E-state index contributed by atoms with van der Waals surface area (Å²) in [5.74, 6) is -0.814. The molecule has 12 heavy (non-hydrogen) atoms. The van der Waals surface area contributed by atoms with Crippen molar-refractivity contribution in [2.75, 3.05) is 20.8 Å². The molecule has 0 aliphatic heterocycles. The SMILES string of the molecule is CNC(=O)OC[C@H](C)C(=O)OC. The van der Waals surface area contributed by atoms with Crippen molar-refractivity contribution in [1.82, 2.24) is 5.32 Å². The third kappa shape index (κ3) is 3.80. The lowest BCUT2D eigenvalue weighted by Crippen LogP contribution is -2.25. The van der Waals surface area contributed by atoms with Gasteiger partial charge in [0.25, 0.3) is 0 Å². The lowest BCUT2D eigenvalue weighted by atomic mass is 10.2. The van der Waals surface area contributed by atoms with Crippen molar-refractivity contribution >= 4 is 12.1 Å². The molecule has 70 valence electrons. The summed E-state index contributed by atoms with van der Waals surface area (Å²) in [4.78, 5) is 21.3. The zero-order valence-corrected chi connectivity index (χ0v) is 7.42. The highest BCUT2D eigenvalue weighted by Gasteiger charge is 2.14. The van der Waals surface area contributed by atoms with Crippen LogP contribution in [0.25, 0.3) is 0 Å². The van der Waals surface area contributed by atoms with Crippen molar-refractivity contribution in [2.45, 2.75) is 6.92 Å². The van der Waals surface area contributed by atoms with Gasteiger partial charge in [-0.15, -0.1) is 0 Å². The summed E-state index contributed by atoms with van der Waals surface area (Å²) in [6.07, 6.45) is -0.550. The summed E-state index contributed by atoms with van der Waals surface area (Å²) in [5.41, 5.74) is 0. The Balaban J connectivity index is 3.63. The van der Waals surface area contributed by atoms with Crippen LogP contribution < -0.4 is 5.32 Å². The Hall–Kier alpha value is -1.26. The van der Waals surface area contributed by atoms with Gasteiger partial charge in [0, 0.05) is 7.05 Å². The quantitative estimate of drug-likeness (QED) is 0.620. The van der Waals surface area contributed by atoms with E-state index in [4.69, 9.17) is 0 Å². The first-order chi connectivity index (χ1) is 5.61. The van der Waals surface area contributed by atoms with Gasteiger partial charge < -0.3 is 14.8 Å². The van der Waals surface area contributed by atoms with Gasteiger partial charge >= 0.3 is 12.1 Å². The van der Waals surface area contributed by atoms with Gasteiger partial charge in [-0.3, -0.25) is 4.79 Å². The van der Waals surface area contributed by atoms with Crippen molar-refractivity contribution < 1.29 is 19.1 Å². The third-order valence-electron chi connectivity index (χ3n) is 1.27. The maximum absolute atomic E-state index is 10.8. The van der Waals surface area contributed by atoms with E-state index in [1.54, 1.807) is 6.92 Å². The Labute approximate surface area is 71.0 Å². The lowest BCUT2D eigenvalue weighted by molar-refractivity contribution is -0.146. The first-order valence-corrected chi connectivity index (χ1v) is 3.54. The van der Waals surface area contributed by atoms with Gasteiger partial charge in [0.15, 0.2) is 0 Å². The predicted molar refractivity (Wildman–Crippen MR) is 41.6 cm³/mol. The minimum Gasteiger partial charge on any atom is -0.469 e. The molecular weight excluding hydrogens is 162 g/mol. The second-order valence-electron chi connectivity index (χ2n) is 2.27. The lowest BCUT2D eigenvalue weighted by Gasteiger charge is -2.08. The molecule has 0 unspecified atom stereocenters. The first-order valence-electron chi connectivity index (χ1n) is 3.54. The molecule has 0 aromatic carbocycles. The van der Waals surface area contributed by atoms with Crippen LogP contribution in [0.3, 0.4) is 0 Å². The van der Waals surface area contributed by atoms with Gasteiger partial charge in [-0.2, -0.15) is 0 Å². The largest absolute Gasteiger partial charge is 0.469 e. The fourth-order valence-corrected chi connectivity index (χ4v) is 0.542. The fourth-order valence-electron chi connectivity index (χ4n) is 0.542. The van der Waals surface area contributed by atoms with E-state index >= 15 is 0 Å². The van der Waals surface area contributed by atoms with Crippen LogP contribution in [0.5, 0.6) is 0 Å². The molecule has 0 saturated heterocycles. The molecule has 0 aliphatic carbocycles. The van der Waals surface area contributed by atoms with E-state index < -0.39 is 12.0 Å². The van der Waals surface area contributed by atoms with Crippen LogP contribution in [0, 0.1) is 5.92 Å². The number of methoxy groups -OCH3 is 1. The molecule has 0 fully saturated rings. The van der Waals surface area contributed by atoms with E-state index in [0.29, 0.717) is 0 Å². The number of hydrogen-bond donors (Lipinski definition) is 1. The van der Waals surface area contributed by atoms with Gasteiger partial charge in [0.05, 0.1) is 13.0 Å². The molecule has 1 N–H and O–H groups in total. The number of rotatable bonds is 3. The molecule has 0 radical (unpaired) electrons. The zero-order chi connectivity index (χ0) is 9.56. The monoisotopic (exact) mass is 175 g/mol. The predicted octanol–water partition coefficient (Wildman–Crippen LogP) is 0.151. The minimum absolute atomic E-state index is 0.0341. The maximum atomic E-state index is 10.8. The minimum atomic E-state index is -0.550. The Morgan fingerprint density at radius 3 is 2.50 bits per heavy atom. The van der Waals surface area contributed by atoms with Crippen molar-refractivity contribution in [3.63, 3.8) is 0 Å². The second-order valence-corrected chi connectivity index (χ2v) is 2.27. The summed E-state index contributed by atoms with van der Waals surface area (Å²) in [7, 11) is 2.74. The molecule has 0 aliphatic rings. The molecule has 1 atom stereocenters. The summed E-state index contributed by atoms with van der Waals surface area (Å²) >= 11 is 0. The van der Waals surface area contributed by atoms with Crippen LogP contribution in [-0.4, -0.2) is 32.8 Å². The first kappa shape index (κ1) is 10.7. The Morgan fingerprint density at radius 2 is 2.08 bits per heavy atom. The van der Waals surface area contributed by atoms with E-state index in [1.807, 2.05) is 0 Å². The van der Waals surface area contributed by atoms with Gasteiger partial charge in [-0.1, -0.05) is 0 Å². The summed E-state index contributed by atoms with van der Waals surface area (Å²) in [6.45, 7) is 1.65. The number of carbonyl (C=O) groups excluding carboxylic acids is 2. The number of esters is 1. The summed E-state index contributed by atoms with van der Waals surface area (Å²) < 4.78 is 9.05. The van der Waals surface area contributed by atoms with Gasteiger partial charge in [-0.05, 0) is 6.92 Å². The van der Waals surface area contributed by atoms with E-state index in [0.717, 1.165) is 0 Å². The van der Waals surface area contributed by atoms with Gasteiger partial charge in [-0.25, -0.2) is 4.79 Å². The van der Waals surface area contributed by atoms with Crippen LogP contribution in [0.4, 0.5) is 4.79 Å². The highest BCUT2D eigenvalue weighted by molar-refractivity contribution is 5.72. The van der Waals surface area contributed by atoms with Crippen LogP contribution in [0.15, 0.2) is 0 Å². The van der Waals surface area contributed by atoms with Crippen molar-refractivity contribution in [3.05, 3.63) is 0 Å². The molecule has 0 bridgehead atoms. The molecule has 5 heteroatoms. The fraction of sp³-hybridized carbons (Fsp3) is 0.714. The van der Waals surface area contributed by atoms with E-state index in [1.165, 1.54) is 14.2 Å². The average Bonchev–Trinajstić information content (AvgIpc) is 2.11. The highest BCUT2D eigenvalue weighted by atomic mass is 16.6. The molecule has 0 heterocycles. The Morgan fingerprint density at radius 1 is 1.50 bits per heavy atom. The topological polar surface area (TPSA) is 64.6 Å². The van der Waals surface area contributed by atoms with E-state index in [2.05, 4.69) is 14.8 Å². The van der Waals surface area contributed by atoms with Crippen molar-refractivity contribution in [3.8, 4) is 0 Å². The van der Waals surface area contributed by atoms with E-state index in [9.17, 15) is 9.59 Å². The van der Waals surface area contributed by atoms with Crippen molar-refractivity contribution in [1.29, 1.82) is 0 Å². The van der Waals surface area contributed by atoms with Crippen molar-refractivity contribution in [2.24, 2.45) is 5.92 Å². The smallest absolute Gasteiger partial charge is 0.406 e. The molecule has 0 spiro atoms. The Bertz CT molecular complexity index is 169. The van der Waals surface area contributed by atoms with Crippen LogP contribution in [-0.2, 0) is 14.3 Å². The number of amides is 1. The molecule has 0 aromatic rings. The van der Waals surface area contributed by atoms with Crippen LogP contribution in [0.1, 0.15) is 6.92 Å². The van der Waals surface area contributed by atoms with Gasteiger partial charge in [0.2, 0.25) is 0 Å². The van der Waals surface area contributed by atoms with Crippen LogP contribution >= 0.6 is 0 Å². The molecule has 0 rings (SSSR count). The maximum Gasteiger partial charge on any atom is 0.406 e. The molecular formula is C7H13NO4. The number of nitrogens with one attached hydrogen (secondary N) is 1. The van der Waals surface area contributed by atoms with E-state index in [-0.39, 0.29) is 12.6 Å². The zero-order valence-electron chi connectivity index (χ0n) is 7.42. The molecule has 0 aromatic heterocycles. The highest BCUT2D eigenvalue weighted by Crippen LogP contribution is 1.98. The summed E-state index contributed by atoms with van der Waals surface area (Å²) in [6, 6.07) is 0. The third-order valence-corrected chi connectivity index (χ3v) is 1.27. The summed E-state index contributed by atoms with van der Waals surface area (Å²) in [5, 5.41) is 2.26. The number of hydrogen-bond acceptors (Lipinski definition) is 4.